The van der Waals surface area contributed by atoms with Crippen molar-refractivity contribution < 1.29 is 9.53 Å². The Morgan fingerprint density at radius 2 is 2.11 bits per heavy atom. The molecule has 28 heavy (non-hydrogen) atoms. The molecule has 0 unspecified atom stereocenters. The van der Waals surface area contributed by atoms with Crippen molar-refractivity contribution in [3.05, 3.63) is 23.9 Å². The monoisotopic (exact) mass is 504 g/mol. The van der Waals surface area contributed by atoms with Gasteiger partial charge < -0.3 is 26.0 Å². The maximum atomic E-state index is 11.4. The number of pyridine rings is 1. The van der Waals surface area contributed by atoms with Crippen LogP contribution in [0.1, 0.15) is 32.3 Å². The van der Waals surface area contributed by atoms with Crippen molar-refractivity contribution in [2.45, 2.75) is 33.2 Å². The Hall–Kier alpha value is -1.62. The van der Waals surface area contributed by atoms with E-state index in [0.717, 1.165) is 49.8 Å². The van der Waals surface area contributed by atoms with Gasteiger partial charge in [0, 0.05) is 50.5 Å². The molecule has 0 radical (unpaired) electrons. The van der Waals surface area contributed by atoms with Crippen molar-refractivity contribution in [3.63, 3.8) is 0 Å². The summed E-state index contributed by atoms with van der Waals surface area (Å²) in [6, 6.07) is 3.98. The van der Waals surface area contributed by atoms with Crippen LogP contribution in [0.5, 0.6) is 0 Å². The topological polar surface area (TPSA) is 105 Å². The third-order valence-corrected chi connectivity index (χ3v) is 4.56. The normalized spacial score (nSPS) is 15.1. The highest BCUT2D eigenvalue weighted by atomic mass is 127. The second-order valence-electron chi connectivity index (χ2n) is 6.47. The van der Waals surface area contributed by atoms with Crippen LogP contribution in [0.15, 0.2) is 23.3 Å². The Morgan fingerprint density at radius 1 is 1.36 bits per heavy atom. The summed E-state index contributed by atoms with van der Waals surface area (Å²) in [4.78, 5) is 22.8. The molecule has 2 rings (SSSR count). The van der Waals surface area contributed by atoms with Gasteiger partial charge in [0.1, 0.15) is 5.82 Å². The van der Waals surface area contributed by atoms with Gasteiger partial charge in [-0.15, -0.1) is 24.0 Å². The number of hydrogen-bond acceptors (Lipinski definition) is 5. The van der Waals surface area contributed by atoms with Crippen LogP contribution in [-0.2, 0) is 16.1 Å². The van der Waals surface area contributed by atoms with Crippen molar-refractivity contribution in [2.75, 3.05) is 44.3 Å². The molecule has 8 nitrogen and oxygen atoms in total. The molecule has 0 aliphatic carbocycles. The standard InChI is InChI=1S/C19H32N6O2.HI/c1-3-21-19(23-10-13-27-4-2)24-14-16-6-5-9-22-18(16)25-11-7-15(8-12-25)17(20)26;/h5-6,9,15H,3-4,7-8,10-14H2,1-2H3,(H2,20,26)(H2,21,23,24);1H. The molecule has 4 N–H and O–H groups in total. The minimum atomic E-state index is -0.200. The number of primary amides is 1. The second-order valence-corrected chi connectivity index (χ2v) is 6.47. The number of carbonyl (C=O) groups is 1. The van der Waals surface area contributed by atoms with E-state index in [1.165, 1.54) is 0 Å². The maximum Gasteiger partial charge on any atom is 0.220 e. The summed E-state index contributed by atoms with van der Waals surface area (Å²) < 4.78 is 5.35. The molecule has 1 aliphatic rings. The molecule has 2 heterocycles. The molecule has 0 bridgehead atoms. The third-order valence-electron chi connectivity index (χ3n) is 4.56. The van der Waals surface area contributed by atoms with E-state index in [0.29, 0.717) is 26.3 Å². The highest BCUT2D eigenvalue weighted by molar-refractivity contribution is 14.0. The van der Waals surface area contributed by atoms with E-state index in [1.54, 1.807) is 6.20 Å². The number of nitrogens with zero attached hydrogens (tertiary/aromatic N) is 3. The van der Waals surface area contributed by atoms with Gasteiger partial charge in [-0.2, -0.15) is 0 Å². The molecule has 1 amide bonds. The molecule has 1 fully saturated rings. The summed E-state index contributed by atoms with van der Waals surface area (Å²) in [5.74, 6) is 1.48. The van der Waals surface area contributed by atoms with Crippen LogP contribution >= 0.6 is 24.0 Å². The highest BCUT2D eigenvalue weighted by Crippen LogP contribution is 2.24. The molecule has 0 atom stereocenters. The van der Waals surface area contributed by atoms with E-state index in [2.05, 4.69) is 31.6 Å². The average Bonchev–Trinajstić information content (AvgIpc) is 2.69. The van der Waals surface area contributed by atoms with Crippen LogP contribution in [0.4, 0.5) is 5.82 Å². The summed E-state index contributed by atoms with van der Waals surface area (Å²) in [5, 5.41) is 6.52. The minimum Gasteiger partial charge on any atom is -0.380 e. The van der Waals surface area contributed by atoms with Gasteiger partial charge in [0.15, 0.2) is 5.96 Å². The first kappa shape index (κ1) is 24.4. The number of halogens is 1. The number of aliphatic imine (C=N–C) groups is 1. The number of amides is 1. The molecule has 158 valence electrons. The van der Waals surface area contributed by atoms with Crippen molar-refractivity contribution in [2.24, 2.45) is 16.6 Å². The predicted octanol–water partition coefficient (Wildman–Crippen LogP) is 1.49. The third kappa shape index (κ3) is 7.78. The summed E-state index contributed by atoms with van der Waals surface area (Å²) in [6.07, 6.45) is 3.35. The molecule has 9 heteroatoms. The summed E-state index contributed by atoms with van der Waals surface area (Å²) in [5.41, 5.74) is 6.50. The fraction of sp³-hybridized carbons (Fsp3) is 0.632. The van der Waals surface area contributed by atoms with E-state index in [4.69, 9.17) is 10.5 Å². The Morgan fingerprint density at radius 3 is 2.75 bits per heavy atom. The van der Waals surface area contributed by atoms with Crippen molar-refractivity contribution in [1.29, 1.82) is 0 Å². The largest absolute Gasteiger partial charge is 0.380 e. The molecule has 1 aromatic heterocycles. The van der Waals surface area contributed by atoms with Crippen LogP contribution in [0.2, 0.25) is 0 Å². The second kappa shape index (κ2) is 13.5. The maximum absolute atomic E-state index is 11.4. The van der Waals surface area contributed by atoms with Crippen LogP contribution in [-0.4, -0.2) is 56.2 Å². The fourth-order valence-electron chi connectivity index (χ4n) is 3.11. The smallest absolute Gasteiger partial charge is 0.220 e. The van der Waals surface area contributed by atoms with Gasteiger partial charge >= 0.3 is 0 Å². The Bertz CT molecular complexity index is 620. The van der Waals surface area contributed by atoms with Crippen molar-refractivity contribution >= 4 is 41.7 Å². The summed E-state index contributed by atoms with van der Waals surface area (Å²) in [6.45, 7) is 8.98. The quantitative estimate of drug-likeness (QED) is 0.204. The fourth-order valence-corrected chi connectivity index (χ4v) is 3.11. The van der Waals surface area contributed by atoms with Gasteiger partial charge in [-0.25, -0.2) is 9.98 Å². The molecule has 0 spiro atoms. The zero-order chi connectivity index (χ0) is 19.5. The summed E-state index contributed by atoms with van der Waals surface area (Å²) >= 11 is 0. The number of carbonyl (C=O) groups excluding carboxylic acids is 1. The number of guanidine groups is 1. The zero-order valence-electron chi connectivity index (χ0n) is 16.8. The number of nitrogens with two attached hydrogens (primary N) is 1. The number of rotatable bonds is 9. The van der Waals surface area contributed by atoms with Gasteiger partial charge in [0.05, 0.1) is 13.2 Å². The lowest BCUT2D eigenvalue weighted by molar-refractivity contribution is -0.122. The minimum absolute atomic E-state index is 0. The van der Waals surface area contributed by atoms with E-state index in [-0.39, 0.29) is 35.8 Å². The first-order valence-corrected chi connectivity index (χ1v) is 9.73. The Kier molecular flexibility index (Phi) is 11.8. The number of ether oxygens (including phenoxy) is 1. The lowest BCUT2D eigenvalue weighted by atomic mass is 9.96. The lowest BCUT2D eigenvalue weighted by Crippen LogP contribution is -2.39. The SMILES string of the molecule is CCNC(=NCc1cccnc1N1CCC(C(N)=O)CC1)NCCOCC.I. The van der Waals surface area contributed by atoms with Gasteiger partial charge in [-0.3, -0.25) is 4.79 Å². The Labute approximate surface area is 184 Å². The Balaban J connectivity index is 0.00000392. The van der Waals surface area contributed by atoms with Crippen LogP contribution in [0.3, 0.4) is 0 Å². The lowest BCUT2D eigenvalue weighted by Gasteiger charge is -2.32. The van der Waals surface area contributed by atoms with Gasteiger partial charge in [0.2, 0.25) is 5.91 Å². The number of anilines is 1. The van der Waals surface area contributed by atoms with Crippen LogP contribution in [0.25, 0.3) is 0 Å². The first-order valence-electron chi connectivity index (χ1n) is 9.73. The molecular weight excluding hydrogens is 471 g/mol. The predicted molar refractivity (Wildman–Crippen MR) is 123 cm³/mol. The van der Waals surface area contributed by atoms with Crippen molar-refractivity contribution in [1.82, 2.24) is 15.6 Å². The average molecular weight is 504 g/mol. The molecule has 0 aromatic carbocycles. The van der Waals surface area contributed by atoms with E-state index >= 15 is 0 Å². The van der Waals surface area contributed by atoms with E-state index in [9.17, 15) is 4.79 Å². The van der Waals surface area contributed by atoms with E-state index in [1.807, 2.05) is 19.9 Å². The van der Waals surface area contributed by atoms with E-state index < -0.39 is 0 Å². The van der Waals surface area contributed by atoms with Gasteiger partial charge in [0.25, 0.3) is 0 Å². The number of nitrogens with one attached hydrogen (secondary N) is 2. The first-order chi connectivity index (χ1) is 13.2. The van der Waals surface area contributed by atoms with Crippen molar-refractivity contribution in [3.8, 4) is 0 Å². The van der Waals surface area contributed by atoms with Crippen LogP contribution in [0, 0.1) is 5.92 Å². The summed E-state index contributed by atoms with van der Waals surface area (Å²) in [7, 11) is 0. The van der Waals surface area contributed by atoms with Crippen LogP contribution < -0.4 is 21.3 Å². The molecule has 0 saturated carbocycles. The molecule has 1 saturated heterocycles. The number of hydrogen-bond donors (Lipinski definition) is 3. The highest BCUT2D eigenvalue weighted by Gasteiger charge is 2.24. The number of aromatic nitrogens is 1. The molecule has 1 aliphatic heterocycles. The van der Waals surface area contributed by atoms with Gasteiger partial charge in [-0.05, 0) is 32.8 Å². The number of piperidine rings is 1. The molecule has 1 aromatic rings. The van der Waals surface area contributed by atoms with Gasteiger partial charge in [-0.1, -0.05) is 6.07 Å². The zero-order valence-corrected chi connectivity index (χ0v) is 19.1. The molecular formula is C19H33IN6O2.